The van der Waals surface area contributed by atoms with Gasteiger partial charge in [0.1, 0.15) is 0 Å². The average Bonchev–Trinajstić information content (AvgIpc) is 0.746. The monoisotopic (exact) mass is 1250 g/mol. The van der Waals surface area contributed by atoms with Gasteiger partial charge in [-0.25, -0.2) is 29.9 Å². The fourth-order valence-corrected chi connectivity index (χ4v) is 14.1. The Labute approximate surface area is 566 Å². The van der Waals surface area contributed by atoms with Gasteiger partial charge in [-0.2, -0.15) is 0 Å². The molecule has 19 aromatic rings. The van der Waals surface area contributed by atoms with Gasteiger partial charge in [0.05, 0.1) is 0 Å². The number of rotatable bonds is 9. The first-order chi connectivity index (χ1) is 48.5. The predicted molar refractivity (Wildman–Crippen MR) is 409 cm³/mol. The summed E-state index contributed by atoms with van der Waals surface area (Å²) < 4.78 is 0. The third-order valence-corrected chi connectivity index (χ3v) is 19.0. The van der Waals surface area contributed by atoms with Crippen LogP contribution in [0.25, 0.3) is 188 Å². The molecule has 456 valence electrons. The molecule has 2 aromatic heterocycles. The Morgan fingerprint density at radius 3 is 0.990 bits per heavy atom. The zero-order valence-electron chi connectivity index (χ0n) is 53.2. The summed E-state index contributed by atoms with van der Waals surface area (Å²) in [5, 5.41) is 20.4. The van der Waals surface area contributed by atoms with Crippen molar-refractivity contribution in [3.8, 4) is 102 Å². The van der Waals surface area contributed by atoms with Crippen molar-refractivity contribution in [1.82, 2.24) is 29.9 Å². The zero-order valence-corrected chi connectivity index (χ0v) is 53.2. The Morgan fingerprint density at radius 1 is 0.133 bits per heavy atom. The second-order valence-electron chi connectivity index (χ2n) is 24.9. The third-order valence-electron chi connectivity index (χ3n) is 19.0. The van der Waals surface area contributed by atoms with Gasteiger partial charge in [0, 0.05) is 33.4 Å². The molecular weight excluding hydrogens is 1190 g/mol. The van der Waals surface area contributed by atoms with E-state index in [0.717, 1.165) is 55.6 Å². The minimum Gasteiger partial charge on any atom is -0.208 e. The maximum absolute atomic E-state index is 5.05. The van der Waals surface area contributed by atoms with Gasteiger partial charge >= 0.3 is 0 Å². The number of nitrogens with zero attached hydrogens (tertiary/aromatic N) is 6. The van der Waals surface area contributed by atoms with Crippen LogP contribution in [0.3, 0.4) is 0 Å². The molecule has 19 rings (SSSR count). The highest BCUT2D eigenvalue weighted by atomic mass is 15.0. The van der Waals surface area contributed by atoms with Crippen LogP contribution in [0, 0.1) is 0 Å². The van der Waals surface area contributed by atoms with Gasteiger partial charge in [-0.05, 0) is 132 Å². The van der Waals surface area contributed by atoms with E-state index < -0.39 is 0 Å². The van der Waals surface area contributed by atoms with Crippen LogP contribution in [-0.4, -0.2) is 29.9 Å². The van der Waals surface area contributed by atoms with E-state index in [2.05, 4.69) is 255 Å². The fourth-order valence-electron chi connectivity index (χ4n) is 14.1. The standard InChI is InChI=1S/C49H31N3.C43H27N3/c1-3-11-32(12-4-1)38-16-9-17-39(31-38)49-51-47(36-14-5-2-6-15-36)50-48(52-49)37-23-21-34(22-24-37)41-19-10-20-44-42(41)28-26-35-27-29-43-40-18-8-7-13-33(40)25-30-45(43)46(35)44;1-3-10-31(11-4-1)41-44-42(32-12-5-2-6-13-32)46-43(45-41)33-19-15-28(16-20-33)34-22-24-36-35(27-34)23-26-39-38(36)25-21-30-18-17-29-9-7-8-14-37(29)40(30)39/h1-31H;1-27H. The summed E-state index contributed by atoms with van der Waals surface area (Å²) in [6.07, 6.45) is 0. The minimum absolute atomic E-state index is 0.642. The summed E-state index contributed by atoms with van der Waals surface area (Å²) >= 11 is 0. The van der Waals surface area contributed by atoms with Crippen molar-refractivity contribution in [1.29, 1.82) is 0 Å². The largest absolute Gasteiger partial charge is 0.208 e. The van der Waals surface area contributed by atoms with E-state index in [4.69, 9.17) is 29.9 Å². The van der Waals surface area contributed by atoms with Gasteiger partial charge in [0.2, 0.25) is 0 Å². The molecule has 0 aliphatic carbocycles. The van der Waals surface area contributed by atoms with Crippen molar-refractivity contribution in [2.45, 2.75) is 0 Å². The van der Waals surface area contributed by atoms with E-state index >= 15 is 0 Å². The van der Waals surface area contributed by atoms with Crippen LogP contribution in [0.5, 0.6) is 0 Å². The van der Waals surface area contributed by atoms with Crippen molar-refractivity contribution in [3.63, 3.8) is 0 Å². The fraction of sp³-hybridized carbons (Fsp3) is 0. The predicted octanol–water partition coefficient (Wildman–Crippen LogP) is 24.0. The first kappa shape index (κ1) is 57.5. The molecule has 17 aromatic carbocycles. The molecule has 98 heavy (non-hydrogen) atoms. The highest BCUT2D eigenvalue weighted by Crippen LogP contribution is 2.41. The minimum atomic E-state index is 0.642. The molecule has 0 saturated carbocycles. The Morgan fingerprint density at radius 2 is 0.429 bits per heavy atom. The molecular formula is C92H58N6. The summed E-state index contributed by atoms with van der Waals surface area (Å²) in [6.45, 7) is 0. The highest BCUT2D eigenvalue weighted by molar-refractivity contribution is 6.27. The highest BCUT2D eigenvalue weighted by Gasteiger charge is 2.18. The Balaban J connectivity index is 0.000000143. The van der Waals surface area contributed by atoms with Crippen LogP contribution >= 0.6 is 0 Å². The summed E-state index contributed by atoms with van der Waals surface area (Å²) in [7, 11) is 0. The van der Waals surface area contributed by atoms with Gasteiger partial charge in [0.15, 0.2) is 34.9 Å². The molecule has 0 saturated heterocycles. The van der Waals surface area contributed by atoms with Gasteiger partial charge < -0.3 is 0 Å². The molecule has 0 bridgehead atoms. The van der Waals surface area contributed by atoms with Gasteiger partial charge in [-0.15, -0.1) is 0 Å². The van der Waals surface area contributed by atoms with Crippen LogP contribution in [0.15, 0.2) is 352 Å². The van der Waals surface area contributed by atoms with Crippen LogP contribution in [0.2, 0.25) is 0 Å². The number of fused-ring (bicyclic) bond motifs is 14. The van der Waals surface area contributed by atoms with Crippen molar-refractivity contribution in [2.24, 2.45) is 0 Å². The SMILES string of the molecule is c1ccc(-c2cccc(-c3nc(-c4ccccc4)nc(-c4ccc(-c5cccc6c5ccc5ccc7c8ccccc8ccc7c56)cc4)n3)c2)cc1.c1ccc(-c2nc(-c3ccccc3)nc(-c3ccc(-c4ccc5c(ccc6c5ccc5ccc7ccccc7c56)c4)cc3)n2)cc1. The molecule has 0 aliphatic heterocycles. The van der Waals surface area contributed by atoms with E-state index in [-0.39, 0.29) is 0 Å². The van der Waals surface area contributed by atoms with Gasteiger partial charge in [-0.3, -0.25) is 0 Å². The Hall–Kier alpha value is -13.2. The summed E-state index contributed by atoms with van der Waals surface area (Å²) in [6, 6.07) is 124. The Kier molecular flexibility index (Phi) is 14.5. The summed E-state index contributed by atoms with van der Waals surface area (Å²) in [5.41, 5.74) is 12.7. The van der Waals surface area contributed by atoms with Crippen molar-refractivity contribution in [2.75, 3.05) is 0 Å². The van der Waals surface area contributed by atoms with E-state index in [1.807, 2.05) is 97.1 Å². The molecule has 0 atom stereocenters. The van der Waals surface area contributed by atoms with E-state index in [1.54, 1.807) is 0 Å². The van der Waals surface area contributed by atoms with Crippen molar-refractivity contribution >= 4 is 86.2 Å². The van der Waals surface area contributed by atoms with Crippen molar-refractivity contribution < 1.29 is 0 Å². The average molecular weight is 1250 g/mol. The maximum atomic E-state index is 5.05. The van der Waals surface area contributed by atoms with Gasteiger partial charge in [-0.1, -0.05) is 340 Å². The van der Waals surface area contributed by atoms with Crippen LogP contribution in [-0.2, 0) is 0 Å². The maximum Gasteiger partial charge on any atom is 0.164 e. The topological polar surface area (TPSA) is 77.3 Å². The summed E-state index contributed by atoms with van der Waals surface area (Å²) in [4.78, 5) is 29.6. The second kappa shape index (κ2) is 24.6. The molecule has 0 spiro atoms. The van der Waals surface area contributed by atoms with E-state index in [1.165, 1.54) is 97.3 Å². The van der Waals surface area contributed by atoms with Crippen molar-refractivity contribution in [3.05, 3.63) is 352 Å². The molecule has 6 nitrogen and oxygen atoms in total. The lowest BCUT2D eigenvalue weighted by atomic mass is 9.91. The van der Waals surface area contributed by atoms with E-state index in [9.17, 15) is 0 Å². The molecule has 0 fully saturated rings. The molecule has 0 N–H and O–H groups in total. The smallest absolute Gasteiger partial charge is 0.164 e. The first-order valence-electron chi connectivity index (χ1n) is 33.1. The molecule has 0 unspecified atom stereocenters. The number of hydrogen-bond acceptors (Lipinski definition) is 6. The van der Waals surface area contributed by atoms with Crippen LogP contribution < -0.4 is 0 Å². The zero-order chi connectivity index (χ0) is 64.9. The number of hydrogen-bond donors (Lipinski definition) is 0. The van der Waals surface area contributed by atoms with E-state index in [0.29, 0.717) is 34.9 Å². The molecule has 0 amide bonds. The second-order valence-corrected chi connectivity index (χ2v) is 24.9. The van der Waals surface area contributed by atoms with Crippen LogP contribution in [0.1, 0.15) is 0 Å². The quantitative estimate of drug-likeness (QED) is 0.134. The number of benzene rings is 17. The Bertz CT molecular complexity index is 6200. The van der Waals surface area contributed by atoms with Crippen LogP contribution in [0.4, 0.5) is 0 Å². The number of aromatic nitrogens is 6. The molecule has 6 heteroatoms. The lowest BCUT2D eigenvalue weighted by molar-refractivity contribution is 1.07. The van der Waals surface area contributed by atoms with Gasteiger partial charge in [0.25, 0.3) is 0 Å². The lowest BCUT2D eigenvalue weighted by Gasteiger charge is -2.13. The first-order valence-corrected chi connectivity index (χ1v) is 33.1. The third kappa shape index (κ3) is 10.7. The lowest BCUT2D eigenvalue weighted by Crippen LogP contribution is -2.00. The summed E-state index contributed by atoms with van der Waals surface area (Å²) in [5.74, 6) is 3.92. The molecule has 2 heterocycles. The molecule has 0 aliphatic rings. The molecule has 0 radical (unpaired) electrons. The normalized spacial score (nSPS) is 11.5.